The van der Waals surface area contributed by atoms with Gasteiger partial charge in [-0.1, -0.05) is 50.6 Å². The van der Waals surface area contributed by atoms with E-state index >= 15 is 0 Å². The topological polar surface area (TPSA) is 75.7 Å². The number of halogens is 1. The van der Waals surface area contributed by atoms with Crippen molar-refractivity contribution >= 4 is 29.5 Å². The number of imide groups is 1. The second kappa shape index (κ2) is 7.74. The van der Waals surface area contributed by atoms with Crippen LogP contribution < -0.4 is 5.32 Å². The highest BCUT2D eigenvalue weighted by molar-refractivity contribution is 6.31. The first kappa shape index (κ1) is 20.6. The van der Waals surface area contributed by atoms with Crippen LogP contribution in [-0.2, 0) is 20.9 Å². The van der Waals surface area contributed by atoms with Gasteiger partial charge >= 0.3 is 12.0 Å². The lowest BCUT2D eigenvalue weighted by Crippen LogP contribution is -2.50. The van der Waals surface area contributed by atoms with Crippen LogP contribution in [0.1, 0.15) is 52.0 Å². The third-order valence-corrected chi connectivity index (χ3v) is 6.31. The van der Waals surface area contributed by atoms with Crippen molar-refractivity contribution in [2.75, 3.05) is 6.54 Å². The zero-order valence-corrected chi connectivity index (χ0v) is 17.3. The minimum atomic E-state index is -0.873. The van der Waals surface area contributed by atoms with Crippen molar-refractivity contribution in [2.24, 2.45) is 11.3 Å². The van der Waals surface area contributed by atoms with Crippen molar-refractivity contribution in [3.63, 3.8) is 0 Å². The van der Waals surface area contributed by atoms with Crippen LogP contribution in [0.25, 0.3) is 0 Å². The van der Waals surface area contributed by atoms with Crippen molar-refractivity contribution in [1.29, 1.82) is 0 Å². The molecular weight excluding hydrogens is 380 g/mol. The molecule has 0 radical (unpaired) electrons. The van der Waals surface area contributed by atoms with E-state index in [-0.39, 0.29) is 24.5 Å². The molecule has 0 bridgehead atoms. The van der Waals surface area contributed by atoms with E-state index in [2.05, 4.69) is 26.1 Å². The summed E-state index contributed by atoms with van der Waals surface area (Å²) in [6, 6.07) is 6.53. The zero-order valence-electron chi connectivity index (χ0n) is 16.6. The number of nitrogens with one attached hydrogen (secondary N) is 1. The van der Waals surface area contributed by atoms with Crippen molar-refractivity contribution in [3.8, 4) is 0 Å². The van der Waals surface area contributed by atoms with Gasteiger partial charge in [0.25, 0.3) is 5.91 Å². The van der Waals surface area contributed by atoms with Gasteiger partial charge in [-0.25, -0.2) is 4.79 Å². The molecule has 1 aliphatic heterocycles. The smallest absolute Gasteiger partial charge is 0.326 e. The Labute approximate surface area is 170 Å². The number of carbonyl (C=O) groups is 3. The van der Waals surface area contributed by atoms with E-state index in [0.717, 1.165) is 17.7 Å². The summed E-state index contributed by atoms with van der Waals surface area (Å²) < 4.78 is 5.21. The lowest BCUT2D eigenvalue weighted by molar-refractivity contribution is -0.149. The van der Waals surface area contributed by atoms with E-state index in [4.69, 9.17) is 16.3 Å². The first-order valence-electron chi connectivity index (χ1n) is 9.65. The van der Waals surface area contributed by atoms with E-state index in [1.165, 1.54) is 0 Å². The molecule has 0 aromatic heterocycles. The number of hydrogen-bond acceptors (Lipinski definition) is 4. The minimum Gasteiger partial charge on any atom is -0.459 e. The molecule has 7 heteroatoms. The Hall–Kier alpha value is -2.08. The van der Waals surface area contributed by atoms with E-state index in [9.17, 15) is 14.4 Å². The Morgan fingerprint density at radius 3 is 2.50 bits per heavy atom. The summed E-state index contributed by atoms with van der Waals surface area (Å²) >= 11 is 6.05. The number of hydrogen-bond donors (Lipinski definition) is 1. The van der Waals surface area contributed by atoms with Crippen LogP contribution in [0.2, 0.25) is 5.02 Å². The second-order valence-corrected chi connectivity index (χ2v) is 9.20. The van der Waals surface area contributed by atoms with Crippen LogP contribution in [0.4, 0.5) is 4.79 Å². The fraction of sp³-hybridized carbons (Fsp3) is 0.571. The molecule has 1 saturated carbocycles. The van der Waals surface area contributed by atoms with Crippen LogP contribution >= 0.6 is 11.6 Å². The Kier molecular flexibility index (Phi) is 5.71. The number of rotatable bonds is 4. The predicted molar refractivity (Wildman–Crippen MR) is 106 cm³/mol. The highest BCUT2D eigenvalue weighted by Crippen LogP contribution is 2.43. The lowest BCUT2D eigenvalue weighted by atomic mass is 9.67. The molecule has 1 aromatic carbocycles. The number of ether oxygens (including phenoxy) is 1. The summed E-state index contributed by atoms with van der Waals surface area (Å²) in [5.74, 6) is -0.444. The highest BCUT2D eigenvalue weighted by atomic mass is 35.5. The molecule has 0 atom stereocenters. The molecule has 1 saturated heterocycles. The molecule has 1 aromatic rings. The first-order valence-corrected chi connectivity index (χ1v) is 10.0. The quantitative estimate of drug-likeness (QED) is 0.607. The Bertz CT molecular complexity index is 779. The molecule has 1 N–H and O–H groups in total. The summed E-state index contributed by atoms with van der Waals surface area (Å²) in [6.45, 7) is 6.21. The van der Waals surface area contributed by atoms with Crippen molar-refractivity contribution in [1.82, 2.24) is 10.2 Å². The molecule has 1 aliphatic carbocycles. The van der Waals surface area contributed by atoms with E-state index in [1.807, 2.05) is 0 Å². The molecule has 2 aliphatic rings. The number of urea groups is 1. The molecule has 3 amide bonds. The van der Waals surface area contributed by atoms with Gasteiger partial charge in [-0.15, -0.1) is 0 Å². The molecule has 3 rings (SSSR count). The Morgan fingerprint density at radius 1 is 1.25 bits per heavy atom. The van der Waals surface area contributed by atoms with Crippen LogP contribution in [0.15, 0.2) is 24.3 Å². The molecule has 0 unspecified atom stereocenters. The molecule has 1 heterocycles. The van der Waals surface area contributed by atoms with Crippen molar-refractivity contribution in [3.05, 3.63) is 34.9 Å². The maximum absolute atomic E-state index is 12.9. The molecular formula is C21H27ClN2O4. The molecule has 2 fully saturated rings. The van der Waals surface area contributed by atoms with Gasteiger partial charge in [0.05, 0.1) is 0 Å². The normalized spacial score (nSPS) is 25.1. The number of amides is 3. The SMILES string of the molecule is CC(C)(C)C1CCC2(CC1)NC(=O)N(CC(=O)OCc1ccccc1Cl)C2=O. The number of benzene rings is 1. The van der Waals surface area contributed by atoms with E-state index < -0.39 is 17.5 Å². The van der Waals surface area contributed by atoms with Crippen LogP contribution in [0, 0.1) is 11.3 Å². The van der Waals surface area contributed by atoms with Gasteiger partial charge < -0.3 is 10.1 Å². The average molecular weight is 407 g/mol. The van der Waals surface area contributed by atoms with Crippen LogP contribution in [0.3, 0.4) is 0 Å². The minimum absolute atomic E-state index is 0.000557. The van der Waals surface area contributed by atoms with Gasteiger partial charge in [0.15, 0.2) is 0 Å². The third-order valence-electron chi connectivity index (χ3n) is 5.94. The molecule has 1 spiro atoms. The summed E-state index contributed by atoms with van der Waals surface area (Å²) in [7, 11) is 0. The second-order valence-electron chi connectivity index (χ2n) is 8.80. The fourth-order valence-electron chi connectivity index (χ4n) is 4.08. The highest BCUT2D eigenvalue weighted by Gasteiger charge is 2.53. The Morgan fingerprint density at radius 2 is 1.89 bits per heavy atom. The van der Waals surface area contributed by atoms with Gasteiger partial charge in [0, 0.05) is 10.6 Å². The van der Waals surface area contributed by atoms with E-state index in [1.54, 1.807) is 24.3 Å². The monoisotopic (exact) mass is 406 g/mol. The van der Waals surface area contributed by atoms with Gasteiger partial charge in [0.1, 0.15) is 18.7 Å². The number of nitrogens with zero attached hydrogens (tertiary/aromatic N) is 1. The maximum Gasteiger partial charge on any atom is 0.326 e. The zero-order chi connectivity index (χ0) is 20.5. The molecule has 28 heavy (non-hydrogen) atoms. The van der Waals surface area contributed by atoms with Gasteiger partial charge in [0.2, 0.25) is 0 Å². The summed E-state index contributed by atoms with van der Waals surface area (Å²) in [5.41, 5.74) is -0.0242. The van der Waals surface area contributed by atoms with Gasteiger partial charge in [-0.2, -0.15) is 0 Å². The molecule has 6 nitrogen and oxygen atoms in total. The van der Waals surface area contributed by atoms with Crippen LogP contribution in [-0.4, -0.2) is 34.9 Å². The number of esters is 1. The Balaban J connectivity index is 1.58. The van der Waals surface area contributed by atoms with Crippen molar-refractivity contribution < 1.29 is 19.1 Å². The molecule has 152 valence electrons. The first-order chi connectivity index (χ1) is 13.1. The van der Waals surface area contributed by atoms with Crippen molar-refractivity contribution in [2.45, 2.75) is 58.6 Å². The van der Waals surface area contributed by atoms with Gasteiger partial charge in [-0.05, 0) is 43.1 Å². The fourth-order valence-corrected chi connectivity index (χ4v) is 4.27. The third kappa shape index (κ3) is 4.17. The van der Waals surface area contributed by atoms with E-state index in [0.29, 0.717) is 29.3 Å². The lowest BCUT2D eigenvalue weighted by Gasteiger charge is -2.40. The standard InChI is InChI=1S/C21H27ClN2O4/c1-20(2,3)15-8-10-21(11-9-15)18(26)24(19(27)23-21)12-17(25)28-13-14-6-4-5-7-16(14)22/h4-7,15H,8-13H2,1-3H3,(H,23,27). The summed E-state index contributed by atoms with van der Waals surface area (Å²) in [4.78, 5) is 38.5. The van der Waals surface area contributed by atoms with Gasteiger partial charge in [-0.3, -0.25) is 14.5 Å². The number of carbonyl (C=O) groups excluding carboxylic acids is 3. The maximum atomic E-state index is 12.9. The summed E-state index contributed by atoms with van der Waals surface area (Å²) in [6.07, 6.45) is 2.95. The largest absolute Gasteiger partial charge is 0.459 e. The average Bonchev–Trinajstić information content (AvgIpc) is 2.85. The predicted octanol–water partition coefficient (Wildman–Crippen LogP) is 3.91. The van der Waals surface area contributed by atoms with Crippen LogP contribution in [0.5, 0.6) is 0 Å². The summed E-state index contributed by atoms with van der Waals surface area (Å²) in [5, 5.41) is 3.34.